The third kappa shape index (κ3) is 6.94. The smallest absolute Gasteiger partial charge is 0.193 e. The van der Waals surface area contributed by atoms with Crippen LogP contribution in [0.25, 0.3) is 0 Å². The Morgan fingerprint density at radius 1 is 1.14 bits per heavy atom. The number of rotatable bonds is 6. The highest BCUT2D eigenvalue weighted by molar-refractivity contribution is 14.0. The number of benzene rings is 2. The van der Waals surface area contributed by atoms with E-state index in [1.54, 1.807) is 0 Å². The predicted octanol–water partition coefficient (Wildman–Crippen LogP) is 4.37. The molecule has 3 N–H and O–H groups in total. The Hall–Kier alpha value is -1.71. The second-order valence-corrected chi connectivity index (χ2v) is 7.35. The molecule has 29 heavy (non-hydrogen) atoms. The third-order valence-electron chi connectivity index (χ3n) is 5.00. The van der Waals surface area contributed by atoms with Crippen LogP contribution in [-0.2, 0) is 4.74 Å². The van der Waals surface area contributed by atoms with Gasteiger partial charge in [-0.3, -0.25) is 9.89 Å². The van der Waals surface area contributed by atoms with Gasteiger partial charge >= 0.3 is 0 Å². The maximum Gasteiger partial charge on any atom is 0.193 e. The van der Waals surface area contributed by atoms with Crippen LogP contribution in [-0.4, -0.2) is 43.7 Å². The summed E-state index contributed by atoms with van der Waals surface area (Å²) in [7, 11) is 0. The average molecular weight is 512 g/mol. The van der Waals surface area contributed by atoms with E-state index >= 15 is 0 Å². The summed E-state index contributed by atoms with van der Waals surface area (Å²) in [6, 6.07) is 14.8. The molecular weight excluding hydrogens is 482 g/mol. The lowest BCUT2D eigenvalue weighted by Gasteiger charge is -2.34. The summed E-state index contributed by atoms with van der Waals surface area (Å²) < 4.78 is 18.8. The van der Waals surface area contributed by atoms with Gasteiger partial charge in [-0.05, 0) is 41.3 Å². The molecule has 0 amide bonds. The summed E-state index contributed by atoms with van der Waals surface area (Å²) >= 11 is 0. The zero-order valence-electron chi connectivity index (χ0n) is 17.0. The van der Waals surface area contributed by atoms with Crippen molar-refractivity contribution in [2.45, 2.75) is 25.8 Å². The summed E-state index contributed by atoms with van der Waals surface area (Å²) in [6.45, 7) is 7.84. The van der Waals surface area contributed by atoms with Gasteiger partial charge in [0, 0.05) is 18.8 Å². The van der Waals surface area contributed by atoms with Crippen LogP contribution < -0.4 is 11.1 Å². The van der Waals surface area contributed by atoms with E-state index in [-0.39, 0.29) is 35.8 Å². The number of morpholine rings is 1. The number of nitrogens with zero attached hydrogens (tertiary/aromatic N) is 2. The van der Waals surface area contributed by atoms with Crippen molar-refractivity contribution < 1.29 is 9.13 Å². The maximum atomic E-state index is 13.3. The van der Waals surface area contributed by atoms with Crippen LogP contribution in [0.2, 0.25) is 0 Å². The number of hydrogen-bond donors (Lipinski definition) is 2. The van der Waals surface area contributed by atoms with Crippen molar-refractivity contribution >= 4 is 35.6 Å². The molecule has 0 spiro atoms. The first-order chi connectivity index (χ1) is 13.5. The monoisotopic (exact) mass is 512 g/mol. The number of aliphatic imine (C=N–C) groups is 1. The van der Waals surface area contributed by atoms with Crippen molar-refractivity contribution in [1.29, 1.82) is 0 Å². The largest absolute Gasteiger partial charge is 0.379 e. The van der Waals surface area contributed by atoms with Crippen LogP contribution in [0.5, 0.6) is 0 Å². The van der Waals surface area contributed by atoms with E-state index in [4.69, 9.17) is 10.5 Å². The summed E-state index contributed by atoms with van der Waals surface area (Å²) in [4.78, 5) is 6.89. The van der Waals surface area contributed by atoms with E-state index in [9.17, 15) is 4.39 Å². The van der Waals surface area contributed by atoms with E-state index < -0.39 is 0 Å². The lowest BCUT2D eigenvalue weighted by Crippen LogP contribution is -2.40. The molecule has 0 bridgehead atoms. The van der Waals surface area contributed by atoms with Gasteiger partial charge in [-0.15, -0.1) is 24.0 Å². The summed E-state index contributed by atoms with van der Waals surface area (Å²) in [5.41, 5.74) is 9.35. The van der Waals surface area contributed by atoms with E-state index in [0.29, 0.717) is 31.6 Å². The first-order valence-corrected chi connectivity index (χ1v) is 9.77. The van der Waals surface area contributed by atoms with Crippen LogP contribution in [0, 0.1) is 5.82 Å². The van der Waals surface area contributed by atoms with Crippen molar-refractivity contribution in [1.82, 2.24) is 4.90 Å². The second-order valence-electron chi connectivity index (χ2n) is 7.35. The highest BCUT2D eigenvalue weighted by Crippen LogP contribution is 2.23. The maximum absolute atomic E-state index is 13.3. The topological polar surface area (TPSA) is 62.9 Å². The lowest BCUT2D eigenvalue weighted by atomic mass is 10.0. The Morgan fingerprint density at radius 2 is 1.83 bits per heavy atom. The van der Waals surface area contributed by atoms with E-state index in [2.05, 4.69) is 41.2 Å². The van der Waals surface area contributed by atoms with Gasteiger partial charge in [0.05, 0.1) is 25.8 Å². The van der Waals surface area contributed by atoms with Gasteiger partial charge < -0.3 is 15.8 Å². The van der Waals surface area contributed by atoms with Crippen LogP contribution in [0.3, 0.4) is 0 Å². The fourth-order valence-corrected chi connectivity index (χ4v) is 3.35. The molecule has 0 radical (unpaired) electrons. The molecule has 7 heteroatoms. The van der Waals surface area contributed by atoms with Crippen LogP contribution in [0.1, 0.15) is 36.9 Å². The van der Waals surface area contributed by atoms with Crippen molar-refractivity contribution in [2.24, 2.45) is 10.7 Å². The number of nitrogens with one attached hydrogen (secondary N) is 1. The molecule has 1 saturated heterocycles. The molecular formula is C22H30FIN4O. The van der Waals surface area contributed by atoms with Gasteiger partial charge in [0.2, 0.25) is 0 Å². The van der Waals surface area contributed by atoms with Gasteiger partial charge in [0.25, 0.3) is 0 Å². The first kappa shape index (κ1) is 23.6. The molecule has 0 aromatic heterocycles. The third-order valence-corrected chi connectivity index (χ3v) is 5.00. The minimum absolute atomic E-state index is 0. The van der Waals surface area contributed by atoms with Crippen molar-refractivity contribution in [3.05, 3.63) is 65.5 Å². The minimum Gasteiger partial charge on any atom is -0.379 e. The lowest BCUT2D eigenvalue weighted by molar-refractivity contribution is 0.0180. The second kappa shape index (κ2) is 11.5. The molecule has 1 heterocycles. The summed E-state index contributed by atoms with van der Waals surface area (Å²) in [5, 5.41) is 3.18. The molecule has 5 nitrogen and oxygen atoms in total. The van der Waals surface area contributed by atoms with Crippen molar-refractivity contribution in [3.8, 4) is 0 Å². The van der Waals surface area contributed by atoms with Crippen LogP contribution in [0.4, 0.5) is 10.1 Å². The molecule has 1 aliphatic heterocycles. The van der Waals surface area contributed by atoms with Gasteiger partial charge in [0.1, 0.15) is 5.82 Å². The number of hydrogen-bond acceptors (Lipinski definition) is 3. The number of nitrogens with two attached hydrogens (primary N) is 1. The molecule has 1 fully saturated rings. The Kier molecular flexibility index (Phi) is 9.32. The van der Waals surface area contributed by atoms with Crippen LogP contribution >= 0.6 is 24.0 Å². The van der Waals surface area contributed by atoms with E-state index in [0.717, 1.165) is 24.3 Å². The first-order valence-electron chi connectivity index (χ1n) is 9.77. The van der Waals surface area contributed by atoms with Gasteiger partial charge in [-0.25, -0.2) is 4.39 Å². The van der Waals surface area contributed by atoms with Gasteiger partial charge in [0.15, 0.2) is 5.96 Å². The fourth-order valence-electron chi connectivity index (χ4n) is 3.35. The standard InChI is InChI=1S/C22H29FN4O.HI/c1-16(2)18-4-3-5-20(14-18)26-22(24)25-15-21(27-10-12-28-13-11-27)17-6-8-19(23)9-7-17;/h3-9,14,16,21H,10-13,15H2,1-2H3,(H3,24,25,26);1H. The molecule has 1 aliphatic rings. The highest BCUT2D eigenvalue weighted by atomic mass is 127. The van der Waals surface area contributed by atoms with Crippen molar-refractivity contribution in [3.63, 3.8) is 0 Å². The zero-order valence-corrected chi connectivity index (χ0v) is 19.3. The fraction of sp³-hybridized carbons (Fsp3) is 0.409. The molecule has 2 aromatic rings. The van der Waals surface area contributed by atoms with Gasteiger partial charge in [-0.2, -0.15) is 0 Å². The molecule has 0 saturated carbocycles. The average Bonchev–Trinajstić information content (AvgIpc) is 2.70. The molecule has 1 unspecified atom stereocenters. The molecule has 2 aromatic carbocycles. The molecule has 3 rings (SSSR count). The van der Waals surface area contributed by atoms with Gasteiger partial charge in [-0.1, -0.05) is 38.1 Å². The Balaban J connectivity index is 0.00000300. The Morgan fingerprint density at radius 3 is 2.48 bits per heavy atom. The number of halogens is 2. The minimum atomic E-state index is -0.237. The predicted molar refractivity (Wildman–Crippen MR) is 128 cm³/mol. The zero-order chi connectivity index (χ0) is 19.9. The Labute approximate surface area is 189 Å². The van der Waals surface area contributed by atoms with Crippen molar-refractivity contribution in [2.75, 3.05) is 38.2 Å². The van der Waals surface area contributed by atoms with Crippen LogP contribution in [0.15, 0.2) is 53.5 Å². The summed E-state index contributed by atoms with van der Waals surface area (Å²) in [5.74, 6) is 0.588. The molecule has 1 atom stereocenters. The SMILES string of the molecule is CC(C)c1cccc(NC(N)=NCC(c2ccc(F)cc2)N2CCOCC2)c1.I. The van der Waals surface area contributed by atoms with E-state index in [1.807, 2.05) is 24.3 Å². The number of ether oxygens (including phenoxy) is 1. The quantitative estimate of drug-likeness (QED) is 0.343. The molecule has 0 aliphatic carbocycles. The summed E-state index contributed by atoms with van der Waals surface area (Å²) in [6.07, 6.45) is 0. The number of guanidine groups is 1. The Bertz CT molecular complexity index is 792. The number of anilines is 1. The highest BCUT2D eigenvalue weighted by Gasteiger charge is 2.22. The van der Waals surface area contributed by atoms with E-state index in [1.165, 1.54) is 17.7 Å². The normalized spacial score (nSPS) is 16.3. The molecule has 158 valence electrons.